The molecule has 0 fully saturated rings. The van der Waals surface area contributed by atoms with Gasteiger partial charge in [-0.3, -0.25) is 5.01 Å². The molecule has 2 nitrogen and oxygen atoms in total. The van der Waals surface area contributed by atoms with Gasteiger partial charge >= 0.3 is 0 Å². The zero-order valence-corrected chi connectivity index (χ0v) is 12.3. The first-order valence-electron chi connectivity index (χ1n) is 6.38. The van der Waals surface area contributed by atoms with Crippen molar-refractivity contribution < 1.29 is 0 Å². The van der Waals surface area contributed by atoms with Crippen LogP contribution in [0.4, 0.5) is 5.69 Å². The van der Waals surface area contributed by atoms with E-state index in [1.165, 1.54) is 11.1 Å². The van der Waals surface area contributed by atoms with E-state index < -0.39 is 0 Å². The van der Waals surface area contributed by atoms with Gasteiger partial charge in [-0.05, 0) is 36.8 Å². The molecule has 0 saturated carbocycles. The molecular formula is C16H15BrN2. The van der Waals surface area contributed by atoms with Gasteiger partial charge in [0.05, 0.1) is 11.7 Å². The van der Waals surface area contributed by atoms with Crippen molar-refractivity contribution in [1.29, 1.82) is 0 Å². The molecule has 0 amide bonds. The van der Waals surface area contributed by atoms with Crippen LogP contribution in [-0.2, 0) is 0 Å². The standard InChI is InChI=1S/C16H15BrN2/c1-12-2-4-13(5-3-12)16-10-11-18-19(16)15-8-6-14(17)7-9-15/h2-9,11,16H,10H2,1H3. The summed E-state index contributed by atoms with van der Waals surface area (Å²) in [5.74, 6) is 0. The maximum atomic E-state index is 4.51. The average molecular weight is 315 g/mol. The summed E-state index contributed by atoms with van der Waals surface area (Å²) in [6.07, 6.45) is 2.95. The fourth-order valence-electron chi connectivity index (χ4n) is 2.32. The smallest absolute Gasteiger partial charge is 0.0825 e. The highest BCUT2D eigenvalue weighted by Crippen LogP contribution is 2.33. The average Bonchev–Trinajstić information content (AvgIpc) is 2.90. The van der Waals surface area contributed by atoms with E-state index in [4.69, 9.17) is 0 Å². The van der Waals surface area contributed by atoms with Crippen molar-refractivity contribution in [2.75, 3.05) is 5.01 Å². The second-order valence-corrected chi connectivity index (χ2v) is 5.70. The molecule has 1 atom stereocenters. The molecule has 3 rings (SSSR count). The third-order valence-electron chi connectivity index (χ3n) is 3.38. The topological polar surface area (TPSA) is 15.6 Å². The van der Waals surface area contributed by atoms with Crippen LogP contribution in [0.3, 0.4) is 0 Å². The Labute approximate surface area is 121 Å². The Kier molecular flexibility index (Phi) is 3.38. The van der Waals surface area contributed by atoms with Gasteiger partial charge < -0.3 is 0 Å². The van der Waals surface area contributed by atoms with Gasteiger partial charge in [-0.15, -0.1) is 0 Å². The molecule has 1 heterocycles. The monoisotopic (exact) mass is 314 g/mol. The molecule has 3 heteroatoms. The predicted molar refractivity (Wildman–Crippen MR) is 83.7 cm³/mol. The first-order chi connectivity index (χ1) is 9.24. The number of benzene rings is 2. The van der Waals surface area contributed by atoms with Gasteiger partial charge in [-0.25, -0.2) is 0 Å². The van der Waals surface area contributed by atoms with Crippen molar-refractivity contribution in [3.05, 3.63) is 64.1 Å². The zero-order valence-electron chi connectivity index (χ0n) is 10.8. The summed E-state index contributed by atoms with van der Waals surface area (Å²) in [4.78, 5) is 0. The van der Waals surface area contributed by atoms with Gasteiger partial charge in [0.15, 0.2) is 0 Å². The minimum absolute atomic E-state index is 0.307. The van der Waals surface area contributed by atoms with Gasteiger partial charge in [0.25, 0.3) is 0 Å². The van der Waals surface area contributed by atoms with Crippen LogP contribution in [0.25, 0.3) is 0 Å². The molecule has 1 aliphatic heterocycles. The molecule has 1 aliphatic rings. The number of hydrogen-bond donors (Lipinski definition) is 0. The molecule has 0 saturated heterocycles. The lowest BCUT2D eigenvalue weighted by Crippen LogP contribution is -2.18. The Balaban J connectivity index is 1.90. The molecule has 2 aromatic carbocycles. The highest BCUT2D eigenvalue weighted by Gasteiger charge is 2.23. The number of anilines is 1. The summed E-state index contributed by atoms with van der Waals surface area (Å²) in [7, 11) is 0. The van der Waals surface area contributed by atoms with E-state index in [9.17, 15) is 0 Å². The molecule has 0 aromatic heterocycles. The van der Waals surface area contributed by atoms with Gasteiger partial charge in [0.2, 0.25) is 0 Å². The molecule has 0 bridgehead atoms. The first-order valence-corrected chi connectivity index (χ1v) is 7.17. The van der Waals surface area contributed by atoms with Crippen LogP contribution in [-0.4, -0.2) is 6.21 Å². The van der Waals surface area contributed by atoms with Crippen LogP contribution >= 0.6 is 15.9 Å². The number of hydrazone groups is 1. The third kappa shape index (κ3) is 2.56. The molecule has 19 heavy (non-hydrogen) atoms. The van der Waals surface area contributed by atoms with Gasteiger partial charge in [-0.2, -0.15) is 5.10 Å². The number of halogens is 1. The summed E-state index contributed by atoms with van der Waals surface area (Å²) in [5, 5.41) is 6.60. The van der Waals surface area contributed by atoms with Crippen molar-refractivity contribution in [3.63, 3.8) is 0 Å². The predicted octanol–water partition coefficient (Wildman–Crippen LogP) is 4.69. The molecule has 2 aromatic rings. The molecule has 96 valence electrons. The fourth-order valence-corrected chi connectivity index (χ4v) is 2.59. The van der Waals surface area contributed by atoms with E-state index in [0.717, 1.165) is 16.6 Å². The van der Waals surface area contributed by atoms with E-state index in [1.807, 2.05) is 6.21 Å². The van der Waals surface area contributed by atoms with Crippen molar-refractivity contribution >= 4 is 27.8 Å². The van der Waals surface area contributed by atoms with Crippen LogP contribution < -0.4 is 5.01 Å². The Morgan fingerprint density at radius 1 is 1.05 bits per heavy atom. The van der Waals surface area contributed by atoms with Gasteiger partial charge in [-0.1, -0.05) is 45.8 Å². The highest BCUT2D eigenvalue weighted by atomic mass is 79.9. The van der Waals surface area contributed by atoms with E-state index in [1.54, 1.807) is 0 Å². The minimum Gasteiger partial charge on any atom is -0.258 e. The summed E-state index contributed by atoms with van der Waals surface area (Å²) < 4.78 is 1.09. The van der Waals surface area contributed by atoms with E-state index >= 15 is 0 Å². The van der Waals surface area contributed by atoms with Crippen LogP contribution in [0.2, 0.25) is 0 Å². The summed E-state index contributed by atoms with van der Waals surface area (Å²) in [5.41, 5.74) is 3.73. The highest BCUT2D eigenvalue weighted by molar-refractivity contribution is 9.10. The Hall–Kier alpha value is -1.61. The van der Waals surface area contributed by atoms with Crippen LogP contribution in [0.1, 0.15) is 23.6 Å². The second-order valence-electron chi connectivity index (χ2n) is 4.78. The lowest BCUT2D eigenvalue weighted by Gasteiger charge is -2.24. The Morgan fingerprint density at radius 2 is 1.74 bits per heavy atom. The van der Waals surface area contributed by atoms with Gasteiger partial charge in [0, 0.05) is 17.1 Å². The summed E-state index contributed by atoms with van der Waals surface area (Å²) in [6.45, 7) is 2.11. The Bertz CT molecular complexity index is 587. The van der Waals surface area contributed by atoms with Crippen molar-refractivity contribution in [2.24, 2.45) is 5.10 Å². The molecule has 0 N–H and O–H groups in total. The molecular weight excluding hydrogens is 300 g/mol. The maximum absolute atomic E-state index is 4.51. The summed E-state index contributed by atoms with van der Waals surface area (Å²) >= 11 is 3.47. The first kappa shape index (κ1) is 12.4. The SMILES string of the molecule is Cc1ccc(C2CC=NN2c2ccc(Br)cc2)cc1. The Morgan fingerprint density at radius 3 is 2.42 bits per heavy atom. The minimum atomic E-state index is 0.307. The molecule has 1 unspecified atom stereocenters. The van der Waals surface area contributed by atoms with Crippen LogP contribution in [0.15, 0.2) is 58.1 Å². The van der Waals surface area contributed by atoms with Crippen LogP contribution in [0, 0.1) is 6.92 Å². The number of aryl methyl sites for hydroxylation is 1. The van der Waals surface area contributed by atoms with E-state index in [-0.39, 0.29) is 0 Å². The van der Waals surface area contributed by atoms with E-state index in [0.29, 0.717) is 6.04 Å². The van der Waals surface area contributed by atoms with Crippen LogP contribution in [0.5, 0.6) is 0 Å². The van der Waals surface area contributed by atoms with E-state index in [2.05, 4.69) is 81.5 Å². The number of hydrogen-bond acceptors (Lipinski definition) is 2. The zero-order chi connectivity index (χ0) is 13.2. The number of nitrogens with zero attached hydrogens (tertiary/aromatic N) is 2. The lowest BCUT2D eigenvalue weighted by atomic mass is 10.0. The van der Waals surface area contributed by atoms with Gasteiger partial charge in [0.1, 0.15) is 0 Å². The lowest BCUT2D eigenvalue weighted by molar-refractivity contribution is 0.709. The van der Waals surface area contributed by atoms with Crippen molar-refractivity contribution in [2.45, 2.75) is 19.4 Å². The largest absolute Gasteiger partial charge is 0.258 e. The quantitative estimate of drug-likeness (QED) is 0.784. The summed E-state index contributed by atoms with van der Waals surface area (Å²) in [6, 6.07) is 17.3. The third-order valence-corrected chi connectivity index (χ3v) is 3.91. The fraction of sp³-hybridized carbons (Fsp3) is 0.188. The number of rotatable bonds is 2. The van der Waals surface area contributed by atoms with Crippen molar-refractivity contribution in [3.8, 4) is 0 Å². The molecule has 0 aliphatic carbocycles. The normalized spacial score (nSPS) is 18.0. The van der Waals surface area contributed by atoms with Crippen molar-refractivity contribution in [1.82, 2.24) is 0 Å². The second kappa shape index (κ2) is 5.17. The maximum Gasteiger partial charge on any atom is 0.0825 e. The molecule has 0 radical (unpaired) electrons. The molecule has 0 spiro atoms.